The summed E-state index contributed by atoms with van der Waals surface area (Å²) in [7, 11) is -1.37. The third kappa shape index (κ3) is 5.38. The minimum Gasteiger partial charge on any atom is -0.507 e. The van der Waals surface area contributed by atoms with Crippen LogP contribution in [0.4, 0.5) is 0 Å². The van der Waals surface area contributed by atoms with E-state index >= 15 is 0 Å². The van der Waals surface area contributed by atoms with Crippen molar-refractivity contribution in [3.63, 3.8) is 0 Å². The number of carbonyl (C=O) groups is 2. The van der Waals surface area contributed by atoms with Gasteiger partial charge in [-0.15, -0.1) is 0 Å². The Morgan fingerprint density at radius 3 is 1.74 bits per heavy atom. The van der Waals surface area contributed by atoms with Gasteiger partial charge in [0.05, 0.1) is 19.2 Å². The van der Waals surface area contributed by atoms with E-state index in [9.17, 15) is 14.7 Å². The standard InChI is InChI=1S/C10H14O2Si.C8H8O2/c1-13(2,3)9-4-5-10(12)8(6-9)7-11;1-6-2-3-8(10)7(4-6)5-9/h4-7,12H,1-3H3;2-5,10H,1H3. The SMILES string of the molecule is C[Si](C)(C)c1ccc(O)c(C=O)c1.Cc1ccc(O)c(C=O)c1. The molecule has 0 fully saturated rings. The molecule has 0 aliphatic rings. The van der Waals surface area contributed by atoms with E-state index in [4.69, 9.17) is 5.11 Å². The molecule has 0 spiro atoms. The molecule has 0 aromatic heterocycles. The summed E-state index contributed by atoms with van der Waals surface area (Å²) in [6.45, 7) is 8.47. The Morgan fingerprint density at radius 2 is 1.30 bits per heavy atom. The number of benzene rings is 2. The summed E-state index contributed by atoms with van der Waals surface area (Å²) in [6, 6.07) is 10.2. The van der Waals surface area contributed by atoms with Crippen LogP contribution in [0.5, 0.6) is 11.5 Å². The fourth-order valence-electron chi connectivity index (χ4n) is 1.88. The van der Waals surface area contributed by atoms with Gasteiger partial charge < -0.3 is 10.2 Å². The molecule has 122 valence electrons. The van der Waals surface area contributed by atoms with E-state index in [0.29, 0.717) is 23.7 Å². The zero-order valence-corrected chi connectivity index (χ0v) is 14.8. The zero-order chi connectivity index (χ0) is 17.6. The first kappa shape index (κ1) is 18.6. The Kier molecular flexibility index (Phi) is 6.27. The van der Waals surface area contributed by atoms with Crippen molar-refractivity contribution in [3.8, 4) is 11.5 Å². The second-order valence-electron chi connectivity index (χ2n) is 6.32. The number of phenolic OH excluding ortho intramolecular Hbond substituents is 2. The van der Waals surface area contributed by atoms with Crippen molar-refractivity contribution in [1.82, 2.24) is 0 Å². The highest BCUT2D eigenvalue weighted by Crippen LogP contribution is 2.15. The van der Waals surface area contributed by atoms with Gasteiger partial charge in [-0.3, -0.25) is 9.59 Å². The molecule has 23 heavy (non-hydrogen) atoms. The molecule has 2 N–H and O–H groups in total. The van der Waals surface area contributed by atoms with Gasteiger partial charge in [0.2, 0.25) is 0 Å². The number of aromatic hydroxyl groups is 2. The van der Waals surface area contributed by atoms with Crippen molar-refractivity contribution >= 4 is 25.8 Å². The van der Waals surface area contributed by atoms with Gasteiger partial charge in [-0.05, 0) is 31.2 Å². The van der Waals surface area contributed by atoms with Gasteiger partial charge in [0.15, 0.2) is 12.6 Å². The van der Waals surface area contributed by atoms with Gasteiger partial charge in [-0.2, -0.15) is 0 Å². The van der Waals surface area contributed by atoms with Crippen molar-refractivity contribution in [2.75, 3.05) is 0 Å². The third-order valence-corrected chi connectivity index (χ3v) is 5.37. The zero-order valence-electron chi connectivity index (χ0n) is 13.8. The summed E-state index contributed by atoms with van der Waals surface area (Å²) >= 11 is 0. The van der Waals surface area contributed by atoms with Crippen molar-refractivity contribution in [3.05, 3.63) is 53.1 Å². The van der Waals surface area contributed by atoms with Crippen LogP contribution in [0, 0.1) is 6.92 Å². The monoisotopic (exact) mass is 330 g/mol. The van der Waals surface area contributed by atoms with Crippen LogP contribution >= 0.6 is 0 Å². The molecule has 0 radical (unpaired) electrons. The van der Waals surface area contributed by atoms with Crippen molar-refractivity contribution in [1.29, 1.82) is 0 Å². The average Bonchev–Trinajstić information content (AvgIpc) is 2.49. The van der Waals surface area contributed by atoms with Crippen LogP contribution in [-0.2, 0) is 0 Å². The quantitative estimate of drug-likeness (QED) is 0.669. The molecular weight excluding hydrogens is 308 g/mol. The molecule has 0 aliphatic heterocycles. The lowest BCUT2D eigenvalue weighted by Crippen LogP contribution is -2.37. The van der Waals surface area contributed by atoms with E-state index in [-0.39, 0.29) is 11.5 Å². The number of aryl methyl sites for hydroxylation is 1. The minimum atomic E-state index is -1.37. The smallest absolute Gasteiger partial charge is 0.153 e. The molecule has 4 nitrogen and oxygen atoms in total. The maximum absolute atomic E-state index is 10.6. The van der Waals surface area contributed by atoms with Crippen molar-refractivity contribution in [2.24, 2.45) is 0 Å². The summed E-state index contributed by atoms with van der Waals surface area (Å²) in [5.41, 5.74) is 1.71. The molecule has 0 unspecified atom stereocenters. The van der Waals surface area contributed by atoms with Gasteiger partial charge in [-0.1, -0.05) is 42.5 Å². The topological polar surface area (TPSA) is 74.6 Å². The second-order valence-corrected chi connectivity index (χ2v) is 11.4. The molecule has 2 rings (SSSR count). The molecule has 0 atom stereocenters. The lowest BCUT2D eigenvalue weighted by molar-refractivity contribution is 0.111. The molecule has 0 saturated heterocycles. The molecule has 0 aliphatic carbocycles. The third-order valence-electron chi connectivity index (χ3n) is 3.33. The maximum Gasteiger partial charge on any atom is 0.153 e. The number of hydrogen-bond donors (Lipinski definition) is 2. The number of carbonyl (C=O) groups excluding carboxylic acids is 2. The Bertz CT molecular complexity index is 703. The molecule has 0 amide bonds. The first-order valence-electron chi connectivity index (χ1n) is 7.22. The fourth-order valence-corrected chi connectivity index (χ4v) is 3.06. The molecule has 0 heterocycles. The van der Waals surface area contributed by atoms with Crippen LogP contribution in [0.15, 0.2) is 36.4 Å². The molecule has 5 heteroatoms. The average molecular weight is 330 g/mol. The van der Waals surface area contributed by atoms with E-state index in [1.807, 2.05) is 13.0 Å². The maximum atomic E-state index is 10.6. The molecular formula is C18H22O4Si. The highest BCUT2D eigenvalue weighted by Gasteiger charge is 2.17. The Hall–Kier alpha value is -2.40. The highest BCUT2D eigenvalue weighted by atomic mass is 28.3. The van der Waals surface area contributed by atoms with E-state index in [1.165, 1.54) is 11.3 Å². The summed E-state index contributed by atoms with van der Waals surface area (Å²) < 4.78 is 0. The Morgan fingerprint density at radius 1 is 0.826 bits per heavy atom. The predicted molar refractivity (Wildman–Crippen MR) is 94.7 cm³/mol. The Labute approximate surface area is 137 Å². The van der Waals surface area contributed by atoms with Crippen LogP contribution in [0.1, 0.15) is 26.3 Å². The predicted octanol–water partition coefficient (Wildman–Crippen LogP) is 3.26. The van der Waals surface area contributed by atoms with Crippen molar-refractivity contribution < 1.29 is 19.8 Å². The van der Waals surface area contributed by atoms with Crippen LogP contribution in [-0.4, -0.2) is 30.9 Å². The van der Waals surface area contributed by atoms with Crippen LogP contribution < -0.4 is 5.19 Å². The minimum absolute atomic E-state index is 0.0422. The van der Waals surface area contributed by atoms with E-state index in [1.54, 1.807) is 24.3 Å². The first-order chi connectivity index (χ1) is 10.7. The van der Waals surface area contributed by atoms with E-state index < -0.39 is 8.07 Å². The Balaban J connectivity index is 0.000000238. The number of hydrogen-bond acceptors (Lipinski definition) is 4. The molecule has 2 aromatic rings. The first-order valence-corrected chi connectivity index (χ1v) is 10.7. The summed E-state index contributed by atoms with van der Waals surface area (Å²) in [5.74, 6) is 0.109. The normalized spacial score (nSPS) is 10.4. The largest absolute Gasteiger partial charge is 0.507 e. The van der Waals surface area contributed by atoms with Crippen LogP contribution in [0.2, 0.25) is 19.6 Å². The van der Waals surface area contributed by atoms with Crippen LogP contribution in [0.25, 0.3) is 0 Å². The summed E-state index contributed by atoms with van der Waals surface area (Å²) in [6.07, 6.45) is 1.33. The number of rotatable bonds is 3. The van der Waals surface area contributed by atoms with E-state index in [0.717, 1.165) is 5.56 Å². The lowest BCUT2D eigenvalue weighted by Gasteiger charge is -2.16. The lowest BCUT2D eigenvalue weighted by atomic mass is 10.1. The number of phenols is 2. The van der Waals surface area contributed by atoms with Crippen LogP contribution in [0.3, 0.4) is 0 Å². The molecule has 0 bridgehead atoms. The van der Waals surface area contributed by atoms with E-state index in [2.05, 4.69) is 19.6 Å². The van der Waals surface area contributed by atoms with Gasteiger partial charge in [0.1, 0.15) is 11.5 Å². The molecule has 0 saturated carbocycles. The fraction of sp³-hybridized carbons (Fsp3) is 0.222. The summed E-state index contributed by atoms with van der Waals surface area (Å²) in [5, 5.41) is 19.5. The van der Waals surface area contributed by atoms with Gasteiger partial charge in [-0.25, -0.2) is 0 Å². The van der Waals surface area contributed by atoms with Gasteiger partial charge >= 0.3 is 0 Å². The van der Waals surface area contributed by atoms with Gasteiger partial charge in [0.25, 0.3) is 0 Å². The molecule has 2 aromatic carbocycles. The summed E-state index contributed by atoms with van der Waals surface area (Å²) in [4.78, 5) is 20.8. The second kappa shape index (κ2) is 7.74. The van der Waals surface area contributed by atoms with Gasteiger partial charge in [0, 0.05) is 0 Å². The highest BCUT2D eigenvalue weighted by molar-refractivity contribution is 6.88. The number of aldehydes is 2. The van der Waals surface area contributed by atoms with Crippen molar-refractivity contribution in [2.45, 2.75) is 26.6 Å².